The van der Waals surface area contributed by atoms with Crippen LogP contribution in [0.1, 0.15) is 75.8 Å². The Kier molecular flexibility index (Phi) is 5.82. The molecule has 0 radical (unpaired) electrons. The van der Waals surface area contributed by atoms with E-state index < -0.39 is 0 Å². The van der Waals surface area contributed by atoms with Crippen LogP contribution in [0, 0.1) is 5.92 Å². The molecule has 110 valence electrons. The number of aryl methyl sites for hydroxylation is 1. The lowest BCUT2D eigenvalue weighted by atomic mass is 9.76. The highest BCUT2D eigenvalue weighted by molar-refractivity contribution is 5.86. The molecule has 0 heterocycles. The number of carbonyl (C=O) groups excluding carboxylic acids is 1. The van der Waals surface area contributed by atoms with E-state index in [0.717, 1.165) is 19.3 Å². The molecule has 0 aliphatic heterocycles. The fourth-order valence-electron chi connectivity index (χ4n) is 3.36. The SMILES string of the molecule is CCCCC[C@@H]1CC[C@@H](c2ccc(CC)cc2)C(=O)C1. The van der Waals surface area contributed by atoms with Crippen LogP contribution >= 0.6 is 0 Å². The number of benzene rings is 1. The summed E-state index contributed by atoms with van der Waals surface area (Å²) in [6, 6.07) is 8.68. The molecule has 1 saturated carbocycles. The highest BCUT2D eigenvalue weighted by atomic mass is 16.1. The third-order valence-electron chi connectivity index (χ3n) is 4.75. The van der Waals surface area contributed by atoms with Crippen molar-refractivity contribution in [2.45, 2.75) is 71.1 Å². The number of carbonyl (C=O) groups is 1. The Hall–Kier alpha value is -1.11. The van der Waals surface area contributed by atoms with Crippen molar-refractivity contribution in [1.29, 1.82) is 0 Å². The zero-order chi connectivity index (χ0) is 14.4. The van der Waals surface area contributed by atoms with Gasteiger partial charge in [-0.25, -0.2) is 0 Å². The first-order valence-corrected chi connectivity index (χ1v) is 8.36. The second-order valence-electron chi connectivity index (χ2n) is 6.26. The summed E-state index contributed by atoms with van der Waals surface area (Å²) in [6.45, 7) is 4.41. The lowest BCUT2D eigenvalue weighted by Crippen LogP contribution is -2.23. The van der Waals surface area contributed by atoms with Gasteiger partial charge in [0.05, 0.1) is 0 Å². The normalized spacial score (nSPS) is 23.0. The molecule has 1 fully saturated rings. The van der Waals surface area contributed by atoms with E-state index in [9.17, 15) is 4.79 Å². The van der Waals surface area contributed by atoms with E-state index in [4.69, 9.17) is 0 Å². The number of hydrogen-bond acceptors (Lipinski definition) is 1. The van der Waals surface area contributed by atoms with Crippen molar-refractivity contribution in [3.05, 3.63) is 35.4 Å². The standard InChI is InChI=1S/C19H28O/c1-3-5-6-7-16-10-13-18(19(20)14-16)17-11-8-15(4-2)9-12-17/h8-9,11-12,16,18H,3-7,10,13-14H2,1-2H3/t16-,18+/m1/s1. The van der Waals surface area contributed by atoms with Crippen LogP contribution in [-0.4, -0.2) is 5.78 Å². The van der Waals surface area contributed by atoms with Gasteiger partial charge in [-0.2, -0.15) is 0 Å². The molecule has 1 aromatic carbocycles. The molecular formula is C19H28O. The molecule has 1 aliphatic carbocycles. The van der Waals surface area contributed by atoms with E-state index in [1.165, 1.54) is 43.2 Å². The molecule has 0 N–H and O–H groups in total. The van der Waals surface area contributed by atoms with Crippen LogP contribution in [-0.2, 0) is 11.2 Å². The number of ketones is 1. The molecule has 0 spiro atoms. The third kappa shape index (κ3) is 3.94. The van der Waals surface area contributed by atoms with Crippen molar-refractivity contribution in [1.82, 2.24) is 0 Å². The van der Waals surface area contributed by atoms with Gasteiger partial charge in [0.1, 0.15) is 5.78 Å². The number of Topliss-reactive ketones (excluding diaryl/α,β-unsaturated/α-hetero) is 1. The lowest BCUT2D eigenvalue weighted by molar-refractivity contribution is -0.123. The molecule has 0 amide bonds. The van der Waals surface area contributed by atoms with E-state index in [0.29, 0.717) is 11.7 Å². The quantitative estimate of drug-likeness (QED) is 0.644. The highest BCUT2D eigenvalue weighted by Gasteiger charge is 2.29. The molecular weight excluding hydrogens is 244 g/mol. The number of hydrogen-bond donors (Lipinski definition) is 0. The van der Waals surface area contributed by atoms with Gasteiger partial charge in [0.25, 0.3) is 0 Å². The van der Waals surface area contributed by atoms with Crippen molar-refractivity contribution in [2.75, 3.05) is 0 Å². The summed E-state index contributed by atoms with van der Waals surface area (Å²) >= 11 is 0. The van der Waals surface area contributed by atoms with Gasteiger partial charge in [-0.15, -0.1) is 0 Å². The Morgan fingerprint density at radius 1 is 1.05 bits per heavy atom. The lowest BCUT2D eigenvalue weighted by Gasteiger charge is -2.27. The molecule has 1 aromatic rings. The Balaban J connectivity index is 1.90. The zero-order valence-corrected chi connectivity index (χ0v) is 13.0. The maximum absolute atomic E-state index is 12.4. The Morgan fingerprint density at radius 3 is 2.40 bits per heavy atom. The van der Waals surface area contributed by atoms with Crippen LogP contribution in [0.4, 0.5) is 0 Å². The Labute approximate surface area is 123 Å². The van der Waals surface area contributed by atoms with Crippen molar-refractivity contribution in [3.8, 4) is 0 Å². The van der Waals surface area contributed by atoms with Crippen LogP contribution in [0.2, 0.25) is 0 Å². The predicted molar refractivity (Wildman–Crippen MR) is 85.1 cm³/mol. The third-order valence-corrected chi connectivity index (χ3v) is 4.75. The van der Waals surface area contributed by atoms with E-state index in [2.05, 4.69) is 38.1 Å². The molecule has 1 nitrogen and oxygen atoms in total. The van der Waals surface area contributed by atoms with Crippen LogP contribution in [0.3, 0.4) is 0 Å². The van der Waals surface area contributed by atoms with Crippen molar-refractivity contribution in [3.63, 3.8) is 0 Å². The van der Waals surface area contributed by atoms with Gasteiger partial charge >= 0.3 is 0 Å². The van der Waals surface area contributed by atoms with Gasteiger partial charge in [0, 0.05) is 12.3 Å². The van der Waals surface area contributed by atoms with Gasteiger partial charge in [-0.05, 0) is 36.3 Å². The monoisotopic (exact) mass is 272 g/mol. The van der Waals surface area contributed by atoms with Crippen LogP contribution in [0.5, 0.6) is 0 Å². The summed E-state index contributed by atoms with van der Waals surface area (Å²) in [5.74, 6) is 1.30. The van der Waals surface area contributed by atoms with Crippen LogP contribution in [0.25, 0.3) is 0 Å². The molecule has 2 rings (SSSR count). The van der Waals surface area contributed by atoms with E-state index in [1.807, 2.05) is 0 Å². The Morgan fingerprint density at radius 2 is 1.80 bits per heavy atom. The fourth-order valence-corrected chi connectivity index (χ4v) is 3.36. The summed E-state index contributed by atoms with van der Waals surface area (Å²) < 4.78 is 0. The minimum Gasteiger partial charge on any atom is -0.299 e. The van der Waals surface area contributed by atoms with Crippen molar-refractivity contribution < 1.29 is 4.79 Å². The molecule has 0 unspecified atom stereocenters. The van der Waals surface area contributed by atoms with Crippen molar-refractivity contribution in [2.24, 2.45) is 5.92 Å². The van der Waals surface area contributed by atoms with Crippen LogP contribution < -0.4 is 0 Å². The summed E-state index contributed by atoms with van der Waals surface area (Å²) in [5, 5.41) is 0. The predicted octanol–water partition coefficient (Wildman–Crippen LogP) is 5.28. The van der Waals surface area contributed by atoms with Gasteiger partial charge in [0.15, 0.2) is 0 Å². The highest BCUT2D eigenvalue weighted by Crippen LogP contribution is 2.35. The second kappa shape index (κ2) is 7.61. The average molecular weight is 272 g/mol. The second-order valence-corrected chi connectivity index (χ2v) is 6.26. The molecule has 0 saturated heterocycles. The summed E-state index contributed by atoms with van der Waals surface area (Å²) in [7, 11) is 0. The van der Waals surface area contributed by atoms with Crippen molar-refractivity contribution >= 4 is 5.78 Å². The molecule has 20 heavy (non-hydrogen) atoms. The smallest absolute Gasteiger partial charge is 0.140 e. The molecule has 0 aromatic heterocycles. The van der Waals surface area contributed by atoms with E-state index in [1.54, 1.807) is 0 Å². The summed E-state index contributed by atoms with van der Waals surface area (Å²) in [6.07, 6.45) is 9.30. The average Bonchev–Trinajstić information content (AvgIpc) is 2.48. The number of rotatable bonds is 6. The maximum atomic E-state index is 12.4. The maximum Gasteiger partial charge on any atom is 0.140 e. The zero-order valence-electron chi connectivity index (χ0n) is 13.0. The van der Waals surface area contributed by atoms with E-state index >= 15 is 0 Å². The molecule has 0 bridgehead atoms. The summed E-state index contributed by atoms with van der Waals surface area (Å²) in [4.78, 5) is 12.4. The molecule has 1 heteroatoms. The molecule has 2 atom stereocenters. The first kappa shape index (κ1) is 15.3. The fraction of sp³-hybridized carbons (Fsp3) is 0.632. The largest absolute Gasteiger partial charge is 0.299 e. The van der Waals surface area contributed by atoms with Gasteiger partial charge in [-0.3, -0.25) is 4.79 Å². The van der Waals surface area contributed by atoms with Gasteiger partial charge < -0.3 is 0 Å². The van der Waals surface area contributed by atoms with Gasteiger partial charge in [-0.1, -0.05) is 63.8 Å². The van der Waals surface area contributed by atoms with Gasteiger partial charge in [0.2, 0.25) is 0 Å². The first-order valence-electron chi connectivity index (χ1n) is 8.36. The molecule has 1 aliphatic rings. The van der Waals surface area contributed by atoms with E-state index in [-0.39, 0.29) is 5.92 Å². The first-order chi connectivity index (χ1) is 9.74. The topological polar surface area (TPSA) is 17.1 Å². The summed E-state index contributed by atoms with van der Waals surface area (Å²) in [5.41, 5.74) is 2.59. The minimum absolute atomic E-state index is 0.170. The van der Waals surface area contributed by atoms with Crippen LogP contribution in [0.15, 0.2) is 24.3 Å². The number of unbranched alkanes of at least 4 members (excludes halogenated alkanes) is 2. The Bertz CT molecular complexity index is 418. The minimum atomic E-state index is 0.170.